The largest absolute Gasteiger partial charge is 0.486 e. The van der Waals surface area contributed by atoms with Crippen LogP contribution in [0.25, 0.3) is 0 Å². The van der Waals surface area contributed by atoms with Crippen molar-refractivity contribution in [1.29, 1.82) is 0 Å². The molecule has 0 spiro atoms. The van der Waals surface area contributed by atoms with Gasteiger partial charge in [0.1, 0.15) is 13.2 Å². The van der Waals surface area contributed by atoms with Gasteiger partial charge in [-0.1, -0.05) is 6.07 Å². The molecule has 5 nitrogen and oxygen atoms in total. The first-order valence-electron chi connectivity index (χ1n) is 6.09. The molecule has 1 aromatic carbocycles. The molecule has 0 bridgehead atoms. The van der Waals surface area contributed by atoms with Crippen LogP contribution in [0.4, 0.5) is 8.78 Å². The van der Waals surface area contributed by atoms with Gasteiger partial charge in [-0.05, 0) is 24.6 Å². The second kappa shape index (κ2) is 5.62. The van der Waals surface area contributed by atoms with Crippen molar-refractivity contribution in [3.05, 3.63) is 23.8 Å². The molecule has 0 aromatic heterocycles. The first kappa shape index (κ1) is 14.5. The number of hydrogen-bond acceptors (Lipinski definition) is 5. The van der Waals surface area contributed by atoms with E-state index in [1.807, 2.05) is 0 Å². The van der Waals surface area contributed by atoms with Crippen LogP contribution in [0.5, 0.6) is 11.5 Å². The van der Waals surface area contributed by atoms with Gasteiger partial charge in [-0.2, -0.15) is 8.78 Å². The Hall–Kier alpha value is -1.89. The highest BCUT2D eigenvalue weighted by atomic mass is 19.3. The van der Waals surface area contributed by atoms with Crippen LogP contribution < -0.4 is 9.47 Å². The Morgan fingerprint density at radius 3 is 2.70 bits per heavy atom. The summed E-state index contributed by atoms with van der Waals surface area (Å²) in [7, 11) is 0. The summed E-state index contributed by atoms with van der Waals surface area (Å²) in [5, 5.41) is 9.70. The van der Waals surface area contributed by atoms with Gasteiger partial charge in [0.15, 0.2) is 17.6 Å². The van der Waals surface area contributed by atoms with Gasteiger partial charge in [0.2, 0.25) is 0 Å². The van der Waals surface area contributed by atoms with Crippen LogP contribution in [0, 0.1) is 0 Å². The maximum Gasteiger partial charge on any atom is 0.380 e. The number of aliphatic hydroxyl groups is 1. The summed E-state index contributed by atoms with van der Waals surface area (Å²) in [5.41, 5.74) is -0.146. The highest BCUT2D eigenvalue weighted by molar-refractivity contribution is 5.78. The lowest BCUT2D eigenvalue weighted by atomic mass is 10.0. The molecule has 0 aliphatic carbocycles. The van der Waals surface area contributed by atoms with Gasteiger partial charge in [0.05, 0.1) is 6.61 Å². The van der Waals surface area contributed by atoms with E-state index in [4.69, 9.17) is 9.47 Å². The molecule has 1 atom stereocenters. The molecular weight excluding hydrogens is 274 g/mol. The standard InChI is InChI=1S/C13H14F2O5/c1-2-18-12(17)13(14,15)11(16)8-3-4-9-10(7-8)20-6-5-19-9/h3-4,7,11,16H,2,5-6H2,1H3. The smallest absolute Gasteiger partial charge is 0.380 e. The molecule has 0 fully saturated rings. The predicted octanol–water partition coefficient (Wildman–Crippen LogP) is 1.69. The molecule has 0 amide bonds. The van der Waals surface area contributed by atoms with Crippen LogP contribution in [0.1, 0.15) is 18.6 Å². The maximum atomic E-state index is 13.7. The zero-order valence-electron chi connectivity index (χ0n) is 10.8. The number of aliphatic hydroxyl groups excluding tert-OH is 1. The first-order valence-corrected chi connectivity index (χ1v) is 6.09. The minimum Gasteiger partial charge on any atom is -0.486 e. The Morgan fingerprint density at radius 1 is 1.40 bits per heavy atom. The molecule has 20 heavy (non-hydrogen) atoms. The number of ether oxygens (including phenoxy) is 3. The van der Waals surface area contributed by atoms with Gasteiger partial charge in [-0.3, -0.25) is 0 Å². The number of hydrogen-bond donors (Lipinski definition) is 1. The van der Waals surface area contributed by atoms with Crippen molar-refractivity contribution in [1.82, 2.24) is 0 Å². The second-order valence-electron chi connectivity index (χ2n) is 4.15. The van der Waals surface area contributed by atoms with Gasteiger partial charge in [0.25, 0.3) is 0 Å². The van der Waals surface area contributed by atoms with Crippen molar-refractivity contribution < 1.29 is 32.9 Å². The summed E-state index contributed by atoms with van der Waals surface area (Å²) in [6.07, 6.45) is -2.31. The number of carbonyl (C=O) groups excluding carboxylic acids is 1. The quantitative estimate of drug-likeness (QED) is 0.854. The number of halogens is 2. The Balaban J connectivity index is 2.24. The molecular formula is C13H14F2O5. The van der Waals surface area contributed by atoms with Gasteiger partial charge < -0.3 is 19.3 Å². The van der Waals surface area contributed by atoms with Gasteiger partial charge in [-0.25, -0.2) is 4.79 Å². The molecule has 1 aliphatic rings. The predicted molar refractivity (Wildman–Crippen MR) is 64.0 cm³/mol. The van der Waals surface area contributed by atoms with Crippen molar-refractivity contribution in [3.63, 3.8) is 0 Å². The summed E-state index contributed by atoms with van der Waals surface area (Å²) in [5.74, 6) is -5.12. The molecule has 2 rings (SSSR count). The molecule has 0 saturated heterocycles. The average molecular weight is 288 g/mol. The lowest BCUT2D eigenvalue weighted by Crippen LogP contribution is -2.37. The molecule has 1 unspecified atom stereocenters. The molecule has 0 radical (unpaired) electrons. The van der Waals surface area contributed by atoms with E-state index >= 15 is 0 Å². The SMILES string of the molecule is CCOC(=O)C(F)(F)C(O)c1ccc2c(c1)OCCO2. The van der Waals surface area contributed by atoms with E-state index in [0.717, 1.165) is 0 Å². The van der Waals surface area contributed by atoms with Crippen LogP contribution in [0.3, 0.4) is 0 Å². The monoisotopic (exact) mass is 288 g/mol. The molecule has 1 heterocycles. The number of esters is 1. The number of fused-ring (bicyclic) bond motifs is 1. The summed E-state index contributed by atoms with van der Waals surface area (Å²) >= 11 is 0. The van der Waals surface area contributed by atoms with Gasteiger partial charge in [-0.15, -0.1) is 0 Å². The van der Waals surface area contributed by atoms with Crippen LogP contribution in [-0.4, -0.2) is 36.8 Å². The summed E-state index contributed by atoms with van der Waals surface area (Å²) in [6.45, 7) is 1.88. The Labute approximate surface area is 114 Å². The van der Waals surface area contributed by atoms with Crippen LogP contribution in [-0.2, 0) is 9.53 Å². The van der Waals surface area contributed by atoms with Gasteiger partial charge in [0, 0.05) is 0 Å². The third-order valence-corrected chi connectivity index (χ3v) is 2.77. The van der Waals surface area contributed by atoms with Crippen molar-refractivity contribution in [2.24, 2.45) is 0 Å². The summed E-state index contributed by atoms with van der Waals surface area (Å²) in [4.78, 5) is 11.2. The zero-order chi connectivity index (χ0) is 14.8. The molecule has 1 N–H and O–H groups in total. The van der Waals surface area contributed by atoms with Crippen molar-refractivity contribution in [3.8, 4) is 11.5 Å². The Morgan fingerprint density at radius 2 is 2.05 bits per heavy atom. The highest BCUT2D eigenvalue weighted by Crippen LogP contribution is 2.38. The fraction of sp³-hybridized carbons (Fsp3) is 0.462. The average Bonchev–Trinajstić information content (AvgIpc) is 2.46. The molecule has 1 aromatic rings. The second-order valence-corrected chi connectivity index (χ2v) is 4.15. The topological polar surface area (TPSA) is 65.0 Å². The number of benzene rings is 1. The lowest BCUT2D eigenvalue weighted by Gasteiger charge is -2.23. The van der Waals surface area contributed by atoms with E-state index < -0.39 is 18.0 Å². The fourth-order valence-corrected chi connectivity index (χ4v) is 1.78. The Kier molecular flexibility index (Phi) is 4.08. The molecule has 7 heteroatoms. The number of alkyl halides is 2. The zero-order valence-corrected chi connectivity index (χ0v) is 10.8. The normalized spacial score (nSPS) is 15.6. The van der Waals surface area contributed by atoms with Crippen molar-refractivity contribution in [2.75, 3.05) is 19.8 Å². The van der Waals surface area contributed by atoms with Crippen LogP contribution >= 0.6 is 0 Å². The van der Waals surface area contributed by atoms with E-state index in [-0.39, 0.29) is 17.9 Å². The van der Waals surface area contributed by atoms with E-state index in [0.29, 0.717) is 19.0 Å². The van der Waals surface area contributed by atoms with Crippen LogP contribution in [0.15, 0.2) is 18.2 Å². The molecule has 110 valence electrons. The van der Waals surface area contributed by atoms with E-state index in [1.165, 1.54) is 25.1 Å². The van der Waals surface area contributed by atoms with E-state index in [1.54, 1.807) is 0 Å². The summed E-state index contributed by atoms with van der Waals surface area (Å²) < 4.78 is 42.2. The highest BCUT2D eigenvalue weighted by Gasteiger charge is 2.49. The van der Waals surface area contributed by atoms with Crippen molar-refractivity contribution in [2.45, 2.75) is 19.0 Å². The van der Waals surface area contributed by atoms with Crippen LogP contribution in [0.2, 0.25) is 0 Å². The number of carbonyl (C=O) groups is 1. The minimum absolute atomic E-state index is 0.146. The third kappa shape index (κ3) is 2.67. The minimum atomic E-state index is -4.03. The fourth-order valence-electron chi connectivity index (χ4n) is 1.78. The third-order valence-electron chi connectivity index (χ3n) is 2.77. The van der Waals surface area contributed by atoms with E-state index in [2.05, 4.69) is 4.74 Å². The van der Waals surface area contributed by atoms with E-state index in [9.17, 15) is 18.7 Å². The maximum absolute atomic E-state index is 13.7. The molecule has 0 saturated carbocycles. The number of rotatable bonds is 4. The molecule has 1 aliphatic heterocycles. The van der Waals surface area contributed by atoms with Gasteiger partial charge >= 0.3 is 11.9 Å². The first-order chi connectivity index (χ1) is 9.46. The Bertz CT molecular complexity index is 504. The summed E-state index contributed by atoms with van der Waals surface area (Å²) in [6, 6.07) is 3.89. The lowest BCUT2D eigenvalue weighted by molar-refractivity contribution is -0.189. The van der Waals surface area contributed by atoms with Crippen molar-refractivity contribution >= 4 is 5.97 Å².